The summed E-state index contributed by atoms with van der Waals surface area (Å²) in [4.78, 5) is 25.9. The molecule has 0 aliphatic carbocycles. The van der Waals surface area contributed by atoms with Crippen molar-refractivity contribution in [3.05, 3.63) is 59.2 Å². The third-order valence-corrected chi connectivity index (χ3v) is 5.21. The highest BCUT2D eigenvalue weighted by molar-refractivity contribution is 6.44. The van der Waals surface area contributed by atoms with Gasteiger partial charge in [0.15, 0.2) is 0 Å². The number of carbonyl (C=O) groups is 2. The summed E-state index contributed by atoms with van der Waals surface area (Å²) in [5.41, 5.74) is 7.40. The molecule has 8 nitrogen and oxygen atoms in total. The normalized spacial score (nSPS) is 17.0. The Kier molecular flexibility index (Phi) is 5.17. The fourth-order valence-corrected chi connectivity index (χ4v) is 3.59. The number of benzene rings is 2. The smallest absolute Gasteiger partial charge is 0.522 e. The number of aromatic carboxylic acids is 1. The van der Waals surface area contributed by atoms with Crippen LogP contribution in [-0.2, 0) is 11.2 Å². The zero-order valence-corrected chi connectivity index (χ0v) is 15.7. The van der Waals surface area contributed by atoms with Gasteiger partial charge in [0.2, 0.25) is 5.91 Å². The van der Waals surface area contributed by atoms with E-state index in [-0.39, 0.29) is 29.1 Å². The standard InChI is InChI=1S/C20H21BN2O6/c22-17(12-4-2-1-3-5-12)19(24)23-10-14(11-23)28-15-7-6-13-8-9-21(27)29-18(13)16(15)20(25)26/h1-7,14,17,27H,8-11,22H2,(H,25,26)/t17-/m0/s1. The molecule has 4 rings (SSSR count). The minimum absolute atomic E-state index is 0.105. The van der Waals surface area contributed by atoms with Crippen LogP contribution in [0.2, 0.25) is 6.32 Å². The van der Waals surface area contributed by atoms with Gasteiger partial charge >= 0.3 is 13.1 Å². The fraction of sp³-hybridized carbons (Fsp3) is 0.300. The number of ether oxygens (including phenoxy) is 1. The third-order valence-electron chi connectivity index (χ3n) is 5.21. The Balaban J connectivity index is 1.43. The van der Waals surface area contributed by atoms with Crippen molar-refractivity contribution < 1.29 is 29.1 Å². The second-order valence-electron chi connectivity index (χ2n) is 7.21. The van der Waals surface area contributed by atoms with Gasteiger partial charge in [0, 0.05) is 0 Å². The first-order valence-electron chi connectivity index (χ1n) is 9.44. The molecular formula is C20H21BN2O6. The molecule has 9 heteroatoms. The first-order valence-corrected chi connectivity index (χ1v) is 9.44. The molecule has 4 N–H and O–H groups in total. The lowest BCUT2D eigenvalue weighted by Crippen LogP contribution is -2.58. The van der Waals surface area contributed by atoms with Crippen molar-refractivity contribution in [2.75, 3.05) is 13.1 Å². The van der Waals surface area contributed by atoms with Crippen molar-refractivity contribution in [2.24, 2.45) is 5.73 Å². The topological polar surface area (TPSA) is 122 Å². The Labute approximate surface area is 168 Å². The van der Waals surface area contributed by atoms with Gasteiger partial charge in [0.05, 0.1) is 13.1 Å². The Morgan fingerprint density at radius 2 is 1.93 bits per heavy atom. The molecule has 1 saturated heterocycles. The molecule has 150 valence electrons. The summed E-state index contributed by atoms with van der Waals surface area (Å²) in [5.74, 6) is -1.09. The van der Waals surface area contributed by atoms with E-state index < -0.39 is 19.1 Å². The number of hydrogen-bond donors (Lipinski definition) is 3. The minimum Gasteiger partial charge on any atom is -0.535 e. The largest absolute Gasteiger partial charge is 0.535 e. The lowest BCUT2D eigenvalue weighted by atomic mass is 9.78. The molecule has 2 aromatic rings. The molecule has 29 heavy (non-hydrogen) atoms. The van der Waals surface area contributed by atoms with Gasteiger partial charge in [-0.25, -0.2) is 4.79 Å². The fourth-order valence-electron chi connectivity index (χ4n) is 3.59. The van der Waals surface area contributed by atoms with Crippen LogP contribution >= 0.6 is 0 Å². The predicted molar refractivity (Wildman–Crippen MR) is 105 cm³/mol. The van der Waals surface area contributed by atoms with Crippen molar-refractivity contribution >= 4 is 19.0 Å². The molecule has 0 saturated carbocycles. The summed E-state index contributed by atoms with van der Waals surface area (Å²) in [6.07, 6.45) is 0.597. The quantitative estimate of drug-likeness (QED) is 0.647. The Bertz CT molecular complexity index is 932. The Hall–Kier alpha value is -3.04. The van der Waals surface area contributed by atoms with Crippen LogP contribution in [0.15, 0.2) is 42.5 Å². The number of carboxylic acid groups (broad SMARTS) is 1. The van der Waals surface area contributed by atoms with Gasteiger partial charge in [-0.2, -0.15) is 0 Å². The molecule has 0 radical (unpaired) electrons. The molecule has 2 aromatic carbocycles. The molecular weight excluding hydrogens is 375 g/mol. The number of nitrogens with zero attached hydrogens (tertiary/aromatic N) is 1. The number of likely N-dealkylation sites (tertiary alicyclic amines) is 1. The lowest BCUT2D eigenvalue weighted by Gasteiger charge is -2.40. The summed E-state index contributed by atoms with van der Waals surface area (Å²) in [7, 11) is -1.04. The molecule has 0 unspecified atom stereocenters. The van der Waals surface area contributed by atoms with Gasteiger partial charge in [-0.3, -0.25) is 4.79 Å². The van der Waals surface area contributed by atoms with Crippen LogP contribution in [0.4, 0.5) is 0 Å². The lowest BCUT2D eigenvalue weighted by molar-refractivity contribution is -0.141. The number of nitrogens with two attached hydrogens (primary N) is 1. The summed E-state index contributed by atoms with van der Waals surface area (Å²) < 4.78 is 11.2. The van der Waals surface area contributed by atoms with Crippen LogP contribution in [0.5, 0.6) is 11.5 Å². The summed E-state index contributed by atoms with van der Waals surface area (Å²) in [5, 5.41) is 19.3. The monoisotopic (exact) mass is 396 g/mol. The second-order valence-corrected chi connectivity index (χ2v) is 7.21. The van der Waals surface area contributed by atoms with E-state index in [0.717, 1.165) is 11.1 Å². The van der Waals surface area contributed by atoms with Crippen LogP contribution in [0.3, 0.4) is 0 Å². The van der Waals surface area contributed by atoms with Gasteiger partial charge in [0.1, 0.15) is 29.2 Å². The van der Waals surface area contributed by atoms with Crippen molar-refractivity contribution in [1.82, 2.24) is 4.90 Å². The number of carboxylic acids is 1. The van der Waals surface area contributed by atoms with Crippen LogP contribution in [-0.4, -0.2) is 53.2 Å². The number of carbonyl (C=O) groups excluding carboxylic acids is 1. The van der Waals surface area contributed by atoms with Crippen molar-refractivity contribution in [3.8, 4) is 11.5 Å². The summed E-state index contributed by atoms with van der Waals surface area (Å²) >= 11 is 0. The van der Waals surface area contributed by atoms with E-state index in [1.165, 1.54) is 0 Å². The average molecular weight is 396 g/mol. The predicted octanol–water partition coefficient (Wildman–Crippen LogP) is 1.09. The van der Waals surface area contributed by atoms with Gasteiger partial charge < -0.3 is 30.2 Å². The van der Waals surface area contributed by atoms with Crippen molar-refractivity contribution in [3.63, 3.8) is 0 Å². The molecule has 2 heterocycles. The minimum atomic E-state index is -1.19. The SMILES string of the molecule is N[C@H](C(=O)N1CC(Oc2ccc3c(c2C(=O)O)OB(O)CC3)C1)c1ccccc1. The van der Waals surface area contributed by atoms with Crippen LogP contribution < -0.4 is 15.1 Å². The van der Waals surface area contributed by atoms with E-state index in [2.05, 4.69) is 0 Å². The van der Waals surface area contributed by atoms with Crippen molar-refractivity contribution in [2.45, 2.75) is 24.9 Å². The van der Waals surface area contributed by atoms with E-state index in [9.17, 15) is 19.7 Å². The van der Waals surface area contributed by atoms with E-state index in [1.807, 2.05) is 18.2 Å². The van der Waals surface area contributed by atoms with E-state index in [1.54, 1.807) is 29.2 Å². The molecule has 0 bridgehead atoms. The third kappa shape index (κ3) is 3.79. The maximum atomic E-state index is 12.5. The highest BCUT2D eigenvalue weighted by atomic mass is 16.5. The summed E-state index contributed by atoms with van der Waals surface area (Å²) in [6, 6.07) is 11.7. The Morgan fingerprint density at radius 3 is 2.62 bits per heavy atom. The summed E-state index contributed by atoms with van der Waals surface area (Å²) in [6.45, 7) is 0.637. The highest BCUT2D eigenvalue weighted by Gasteiger charge is 2.37. The molecule has 0 aromatic heterocycles. The molecule has 1 fully saturated rings. The van der Waals surface area contributed by atoms with Crippen molar-refractivity contribution in [1.29, 1.82) is 0 Å². The first-order chi connectivity index (χ1) is 13.9. The molecule has 0 spiro atoms. The van der Waals surface area contributed by atoms with Crippen LogP contribution in [0.1, 0.15) is 27.5 Å². The maximum absolute atomic E-state index is 12.5. The van der Waals surface area contributed by atoms with Gasteiger partial charge in [-0.05, 0) is 29.9 Å². The molecule has 1 atom stereocenters. The average Bonchev–Trinajstić information content (AvgIpc) is 2.69. The number of hydrogen-bond acceptors (Lipinski definition) is 6. The zero-order valence-electron chi connectivity index (χ0n) is 15.7. The zero-order chi connectivity index (χ0) is 20.5. The van der Waals surface area contributed by atoms with Gasteiger partial charge in [-0.1, -0.05) is 36.4 Å². The molecule has 2 aliphatic rings. The number of aryl methyl sites for hydroxylation is 1. The van der Waals surface area contributed by atoms with E-state index in [0.29, 0.717) is 25.8 Å². The molecule has 2 aliphatic heterocycles. The van der Waals surface area contributed by atoms with E-state index >= 15 is 0 Å². The van der Waals surface area contributed by atoms with Crippen LogP contribution in [0, 0.1) is 0 Å². The number of amides is 1. The molecule has 1 amide bonds. The highest BCUT2D eigenvalue weighted by Crippen LogP contribution is 2.37. The van der Waals surface area contributed by atoms with Crippen LogP contribution in [0.25, 0.3) is 0 Å². The van der Waals surface area contributed by atoms with Gasteiger partial charge in [0.25, 0.3) is 0 Å². The second kappa shape index (κ2) is 7.77. The van der Waals surface area contributed by atoms with E-state index in [4.69, 9.17) is 15.1 Å². The first kappa shape index (κ1) is 19.3. The maximum Gasteiger partial charge on any atom is 0.522 e. The number of fused-ring (bicyclic) bond motifs is 1. The Morgan fingerprint density at radius 1 is 1.21 bits per heavy atom. The van der Waals surface area contributed by atoms with Gasteiger partial charge in [-0.15, -0.1) is 0 Å². The number of rotatable bonds is 5.